The number of hydrogen-bond donors (Lipinski definition) is 3. The third-order valence-electron chi connectivity index (χ3n) is 3.41. The lowest BCUT2D eigenvalue weighted by Crippen LogP contribution is -2.20. The number of rotatable bonds is 6. The van der Waals surface area contributed by atoms with Gasteiger partial charge in [0.1, 0.15) is 11.6 Å². The van der Waals surface area contributed by atoms with Crippen molar-refractivity contribution in [1.82, 2.24) is 10.3 Å². The number of anilines is 1. The van der Waals surface area contributed by atoms with Crippen LogP contribution in [-0.4, -0.2) is 29.2 Å². The number of phenols is 1. The standard InChI is InChI=1S/C15H19N3O/c19-13-5-2-11-6-9-18-15(14(11)10-13)17-8-1-7-16-12-3-4-12/h2,5-6,9-10,12,16,19H,1,3-4,7-8H2,(H,17,18). The lowest BCUT2D eigenvalue weighted by Gasteiger charge is -2.09. The van der Waals surface area contributed by atoms with Gasteiger partial charge in [-0.15, -0.1) is 0 Å². The second-order valence-corrected chi connectivity index (χ2v) is 5.07. The number of hydrogen-bond acceptors (Lipinski definition) is 4. The molecule has 0 bridgehead atoms. The van der Waals surface area contributed by atoms with Crippen LogP contribution in [0.25, 0.3) is 10.8 Å². The van der Waals surface area contributed by atoms with Crippen molar-refractivity contribution in [2.75, 3.05) is 18.4 Å². The van der Waals surface area contributed by atoms with Gasteiger partial charge in [0, 0.05) is 24.2 Å². The number of nitrogens with zero attached hydrogens (tertiary/aromatic N) is 1. The maximum Gasteiger partial charge on any atom is 0.133 e. The molecule has 4 heteroatoms. The molecule has 1 aliphatic rings. The molecule has 0 spiro atoms. The van der Waals surface area contributed by atoms with E-state index < -0.39 is 0 Å². The summed E-state index contributed by atoms with van der Waals surface area (Å²) in [6, 6.07) is 8.09. The molecule has 1 aromatic heterocycles. The predicted octanol–water partition coefficient (Wildman–Crippen LogP) is 2.49. The first kappa shape index (κ1) is 12.2. The summed E-state index contributed by atoms with van der Waals surface area (Å²) in [5.41, 5.74) is 0. The lowest BCUT2D eigenvalue weighted by atomic mass is 10.1. The Morgan fingerprint density at radius 3 is 2.95 bits per heavy atom. The van der Waals surface area contributed by atoms with Crippen molar-refractivity contribution in [3.05, 3.63) is 30.5 Å². The van der Waals surface area contributed by atoms with E-state index in [1.54, 1.807) is 18.3 Å². The summed E-state index contributed by atoms with van der Waals surface area (Å²) in [5, 5.41) is 18.5. The van der Waals surface area contributed by atoms with Gasteiger partial charge in [0.15, 0.2) is 0 Å². The quantitative estimate of drug-likeness (QED) is 0.696. The highest BCUT2D eigenvalue weighted by Gasteiger charge is 2.19. The zero-order valence-corrected chi connectivity index (χ0v) is 10.9. The topological polar surface area (TPSA) is 57.2 Å². The summed E-state index contributed by atoms with van der Waals surface area (Å²) >= 11 is 0. The molecule has 1 aromatic carbocycles. The van der Waals surface area contributed by atoms with Crippen molar-refractivity contribution in [2.45, 2.75) is 25.3 Å². The van der Waals surface area contributed by atoms with Crippen molar-refractivity contribution >= 4 is 16.6 Å². The minimum absolute atomic E-state index is 0.277. The van der Waals surface area contributed by atoms with Gasteiger partial charge in [0.05, 0.1) is 0 Å². The molecule has 100 valence electrons. The number of phenolic OH excluding ortho intramolecular Hbond substituents is 1. The summed E-state index contributed by atoms with van der Waals surface area (Å²) in [5.74, 6) is 1.12. The van der Waals surface area contributed by atoms with E-state index in [-0.39, 0.29) is 5.75 Å². The first-order chi connectivity index (χ1) is 9.33. The molecule has 4 nitrogen and oxygen atoms in total. The van der Waals surface area contributed by atoms with Crippen molar-refractivity contribution in [1.29, 1.82) is 0 Å². The van der Waals surface area contributed by atoms with E-state index in [0.29, 0.717) is 0 Å². The molecule has 0 amide bonds. The molecule has 0 aliphatic heterocycles. The third kappa shape index (κ3) is 3.15. The molecule has 1 saturated carbocycles. The first-order valence-corrected chi connectivity index (χ1v) is 6.88. The zero-order valence-electron chi connectivity index (χ0n) is 10.9. The number of benzene rings is 1. The SMILES string of the molecule is Oc1ccc2ccnc(NCCCNC3CC3)c2c1. The van der Waals surface area contributed by atoms with Gasteiger partial charge >= 0.3 is 0 Å². The van der Waals surface area contributed by atoms with E-state index in [0.717, 1.165) is 42.1 Å². The lowest BCUT2D eigenvalue weighted by molar-refractivity contribution is 0.476. The maximum atomic E-state index is 9.57. The Labute approximate surface area is 112 Å². The zero-order chi connectivity index (χ0) is 13.1. The Kier molecular flexibility index (Phi) is 3.51. The van der Waals surface area contributed by atoms with Crippen LogP contribution in [0.5, 0.6) is 5.75 Å². The van der Waals surface area contributed by atoms with Crippen LogP contribution < -0.4 is 10.6 Å². The predicted molar refractivity (Wildman–Crippen MR) is 77.5 cm³/mol. The minimum atomic E-state index is 0.277. The Bertz CT molecular complexity index is 566. The average Bonchev–Trinajstić information content (AvgIpc) is 3.23. The maximum absolute atomic E-state index is 9.57. The van der Waals surface area contributed by atoms with Crippen LogP contribution in [0.1, 0.15) is 19.3 Å². The largest absolute Gasteiger partial charge is 0.508 e. The fraction of sp³-hybridized carbons (Fsp3) is 0.400. The van der Waals surface area contributed by atoms with Crippen molar-refractivity contribution in [3.63, 3.8) is 0 Å². The Morgan fingerprint density at radius 2 is 2.11 bits per heavy atom. The monoisotopic (exact) mass is 257 g/mol. The Hall–Kier alpha value is -1.81. The summed E-state index contributed by atoms with van der Waals surface area (Å²) in [6.07, 6.45) is 5.53. The van der Waals surface area contributed by atoms with E-state index in [9.17, 15) is 5.11 Å². The molecule has 1 aliphatic carbocycles. The summed E-state index contributed by atoms with van der Waals surface area (Å²) < 4.78 is 0. The van der Waals surface area contributed by atoms with Crippen molar-refractivity contribution in [2.24, 2.45) is 0 Å². The molecule has 0 atom stereocenters. The van der Waals surface area contributed by atoms with Crippen molar-refractivity contribution < 1.29 is 5.11 Å². The van der Waals surface area contributed by atoms with Crippen molar-refractivity contribution in [3.8, 4) is 5.75 Å². The molecule has 2 aromatic rings. The van der Waals surface area contributed by atoms with Crippen LogP contribution in [-0.2, 0) is 0 Å². The van der Waals surface area contributed by atoms with Gasteiger partial charge in [-0.05, 0) is 49.4 Å². The van der Waals surface area contributed by atoms with E-state index in [1.807, 2.05) is 12.1 Å². The van der Waals surface area contributed by atoms with Gasteiger partial charge in [-0.25, -0.2) is 4.98 Å². The molecule has 1 heterocycles. The summed E-state index contributed by atoms with van der Waals surface area (Å²) in [7, 11) is 0. The Balaban J connectivity index is 1.61. The molecule has 3 N–H and O–H groups in total. The molecular formula is C15H19N3O. The van der Waals surface area contributed by atoms with E-state index in [2.05, 4.69) is 15.6 Å². The Morgan fingerprint density at radius 1 is 1.21 bits per heavy atom. The fourth-order valence-corrected chi connectivity index (χ4v) is 2.19. The van der Waals surface area contributed by atoms with Crippen LogP contribution in [0.3, 0.4) is 0 Å². The van der Waals surface area contributed by atoms with E-state index in [4.69, 9.17) is 0 Å². The van der Waals surface area contributed by atoms with Gasteiger partial charge in [0.25, 0.3) is 0 Å². The highest BCUT2D eigenvalue weighted by atomic mass is 16.3. The smallest absolute Gasteiger partial charge is 0.133 e. The highest BCUT2D eigenvalue weighted by molar-refractivity contribution is 5.92. The van der Waals surface area contributed by atoms with Gasteiger partial charge in [-0.3, -0.25) is 0 Å². The van der Waals surface area contributed by atoms with Crippen LogP contribution in [0.2, 0.25) is 0 Å². The second-order valence-electron chi connectivity index (χ2n) is 5.07. The fourth-order valence-electron chi connectivity index (χ4n) is 2.19. The molecule has 0 unspecified atom stereocenters. The average molecular weight is 257 g/mol. The summed E-state index contributed by atoms with van der Waals surface area (Å²) in [6.45, 7) is 1.94. The van der Waals surface area contributed by atoms with Gasteiger partial charge < -0.3 is 15.7 Å². The van der Waals surface area contributed by atoms with Crippen LogP contribution in [0, 0.1) is 0 Å². The molecule has 19 heavy (non-hydrogen) atoms. The number of pyridine rings is 1. The normalized spacial score (nSPS) is 14.7. The van der Waals surface area contributed by atoms with E-state index >= 15 is 0 Å². The summed E-state index contributed by atoms with van der Waals surface area (Å²) in [4.78, 5) is 4.35. The third-order valence-corrected chi connectivity index (χ3v) is 3.41. The minimum Gasteiger partial charge on any atom is -0.508 e. The second kappa shape index (κ2) is 5.45. The van der Waals surface area contributed by atoms with E-state index in [1.165, 1.54) is 12.8 Å². The number of nitrogens with one attached hydrogen (secondary N) is 2. The molecule has 0 radical (unpaired) electrons. The van der Waals surface area contributed by atoms with Gasteiger partial charge in [-0.2, -0.15) is 0 Å². The molecule has 1 fully saturated rings. The molecular weight excluding hydrogens is 238 g/mol. The number of aromatic nitrogens is 1. The van der Waals surface area contributed by atoms with Crippen LogP contribution in [0.15, 0.2) is 30.5 Å². The van der Waals surface area contributed by atoms with Gasteiger partial charge in [0.2, 0.25) is 0 Å². The van der Waals surface area contributed by atoms with Crippen LogP contribution >= 0.6 is 0 Å². The molecule has 0 saturated heterocycles. The number of fused-ring (bicyclic) bond motifs is 1. The number of aromatic hydroxyl groups is 1. The molecule has 3 rings (SSSR count). The first-order valence-electron chi connectivity index (χ1n) is 6.88. The van der Waals surface area contributed by atoms with Crippen LogP contribution in [0.4, 0.5) is 5.82 Å². The van der Waals surface area contributed by atoms with Gasteiger partial charge in [-0.1, -0.05) is 6.07 Å². The highest BCUT2D eigenvalue weighted by Crippen LogP contribution is 2.25.